The molecular formula is C15H21NO3S. The largest absolute Gasteiger partial charge is 0.298 e. The number of hydrogen-bond donors (Lipinski definition) is 0. The van der Waals surface area contributed by atoms with Crippen LogP contribution in [0.1, 0.15) is 18.4 Å². The number of benzene rings is 1. The molecule has 20 heavy (non-hydrogen) atoms. The minimum atomic E-state index is -3.34. The van der Waals surface area contributed by atoms with E-state index < -0.39 is 10.1 Å². The van der Waals surface area contributed by atoms with Gasteiger partial charge in [0.2, 0.25) is 0 Å². The van der Waals surface area contributed by atoms with Gasteiger partial charge in [-0.3, -0.25) is 9.08 Å². The molecule has 0 N–H and O–H groups in total. The fraction of sp³-hybridized carbons (Fsp3) is 0.600. The van der Waals surface area contributed by atoms with Crippen molar-refractivity contribution in [2.24, 2.45) is 11.8 Å². The van der Waals surface area contributed by atoms with Crippen molar-refractivity contribution in [1.29, 1.82) is 0 Å². The predicted octanol–water partition coefficient (Wildman–Crippen LogP) is 1.87. The highest BCUT2D eigenvalue weighted by Gasteiger charge is 2.44. The Morgan fingerprint density at radius 2 is 1.75 bits per heavy atom. The summed E-state index contributed by atoms with van der Waals surface area (Å²) in [6.45, 7) is 2.82. The molecule has 1 aliphatic carbocycles. The minimum Gasteiger partial charge on any atom is -0.298 e. The van der Waals surface area contributed by atoms with Gasteiger partial charge < -0.3 is 0 Å². The Morgan fingerprint density at radius 3 is 2.30 bits per heavy atom. The molecule has 1 unspecified atom stereocenters. The molecule has 1 aromatic carbocycles. The summed E-state index contributed by atoms with van der Waals surface area (Å²) in [6.07, 6.45) is 3.21. The number of piperidine rings is 1. The zero-order chi connectivity index (χ0) is 14.2. The lowest BCUT2D eigenvalue weighted by Crippen LogP contribution is -2.46. The summed E-state index contributed by atoms with van der Waals surface area (Å²) < 4.78 is 28.0. The molecule has 1 saturated heterocycles. The molecule has 3 rings (SSSR count). The molecule has 0 aromatic heterocycles. The number of hydrogen-bond acceptors (Lipinski definition) is 4. The molecule has 1 aliphatic heterocycles. The Hall–Kier alpha value is -0.910. The second-order valence-electron chi connectivity index (χ2n) is 6.04. The molecule has 2 aliphatic rings. The highest BCUT2D eigenvalue weighted by molar-refractivity contribution is 7.86. The highest BCUT2D eigenvalue weighted by Crippen LogP contribution is 2.39. The van der Waals surface area contributed by atoms with Gasteiger partial charge in [0, 0.05) is 19.6 Å². The first-order chi connectivity index (χ1) is 9.51. The van der Waals surface area contributed by atoms with E-state index in [4.69, 9.17) is 4.18 Å². The van der Waals surface area contributed by atoms with Gasteiger partial charge in [-0.1, -0.05) is 30.3 Å². The van der Waals surface area contributed by atoms with Crippen LogP contribution in [0.3, 0.4) is 0 Å². The first kappa shape index (κ1) is 14.0. The van der Waals surface area contributed by atoms with Crippen LogP contribution in [0.15, 0.2) is 30.3 Å². The molecule has 4 nitrogen and oxygen atoms in total. The van der Waals surface area contributed by atoms with Gasteiger partial charge in [0.15, 0.2) is 0 Å². The summed E-state index contributed by atoms with van der Waals surface area (Å²) in [5, 5.41) is 0. The van der Waals surface area contributed by atoms with Crippen LogP contribution in [-0.2, 0) is 20.8 Å². The fourth-order valence-electron chi connectivity index (χ4n) is 3.60. The second kappa shape index (κ2) is 5.47. The van der Waals surface area contributed by atoms with Crippen LogP contribution < -0.4 is 0 Å². The van der Waals surface area contributed by atoms with Crippen LogP contribution in [-0.4, -0.2) is 38.8 Å². The van der Waals surface area contributed by atoms with E-state index in [-0.39, 0.29) is 6.10 Å². The maximum atomic E-state index is 11.4. The van der Waals surface area contributed by atoms with Crippen LogP contribution in [0.25, 0.3) is 0 Å². The van der Waals surface area contributed by atoms with Crippen molar-refractivity contribution >= 4 is 10.1 Å². The Bertz CT molecular complexity index is 544. The number of fused-ring (bicyclic) bond motifs is 2. The normalized spacial score (nSPS) is 30.6. The Balaban J connectivity index is 1.65. The molecular weight excluding hydrogens is 274 g/mol. The van der Waals surface area contributed by atoms with Gasteiger partial charge in [0.1, 0.15) is 0 Å². The van der Waals surface area contributed by atoms with E-state index in [0.29, 0.717) is 11.8 Å². The Morgan fingerprint density at radius 1 is 1.15 bits per heavy atom. The van der Waals surface area contributed by atoms with E-state index >= 15 is 0 Å². The monoisotopic (exact) mass is 295 g/mol. The van der Waals surface area contributed by atoms with Crippen LogP contribution in [0.2, 0.25) is 0 Å². The maximum absolute atomic E-state index is 11.4. The van der Waals surface area contributed by atoms with Crippen molar-refractivity contribution in [2.45, 2.75) is 25.5 Å². The van der Waals surface area contributed by atoms with E-state index in [0.717, 1.165) is 38.7 Å². The Labute approximate surface area is 120 Å². The first-order valence-corrected chi connectivity index (χ1v) is 8.97. The van der Waals surface area contributed by atoms with Gasteiger partial charge in [0.05, 0.1) is 12.4 Å². The van der Waals surface area contributed by atoms with Gasteiger partial charge >= 0.3 is 0 Å². The third kappa shape index (κ3) is 3.22. The maximum Gasteiger partial charge on any atom is 0.264 e. The predicted molar refractivity (Wildman–Crippen MR) is 77.6 cm³/mol. The SMILES string of the molecule is CS(=O)(=O)OC1[C@@H]2CC[C@H]1CN(Cc1ccccc1)C2. The van der Waals surface area contributed by atoms with Gasteiger partial charge in [-0.05, 0) is 30.2 Å². The van der Waals surface area contributed by atoms with Crippen molar-refractivity contribution < 1.29 is 12.6 Å². The van der Waals surface area contributed by atoms with Gasteiger partial charge in [-0.2, -0.15) is 8.42 Å². The summed E-state index contributed by atoms with van der Waals surface area (Å²) in [6, 6.07) is 10.4. The summed E-state index contributed by atoms with van der Waals surface area (Å²) in [5.41, 5.74) is 1.31. The zero-order valence-electron chi connectivity index (χ0n) is 11.7. The summed E-state index contributed by atoms with van der Waals surface area (Å²) in [5.74, 6) is 0.708. The first-order valence-electron chi connectivity index (χ1n) is 7.16. The standard InChI is InChI=1S/C15H21NO3S/c1-20(17,18)19-15-13-7-8-14(15)11-16(10-13)9-12-5-3-2-4-6-12/h2-6,13-15H,7-11H2,1H3/t13-,14+,15?. The lowest BCUT2D eigenvalue weighted by Gasteiger charge is -2.37. The summed E-state index contributed by atoms with van der Waals surface area (Å²) >= 11 is 0. The quantitative estimate of drug-likeness (QED) is 0.796. The Kier molecular flexibility index (Phi) is 3.84. The molecule has 1 heterocycles. The number of rotatable bonds is 4. The molecule has 2 fully saturated rings. The number of likely N-dealkylation sites (tertiary alicyclic amines) is 1. The van der Waals surface area contributed by atoms with Crippen LogP contribution >= 0.6 is 0 Å². The van der Waals surface area contributed by atoms with Gasteiger partial charge in [-0.15, -0.1) is 0 Å². The van der Waals surface area contributed by atoms with Crippen molar-refractivity contribution in [2.75, 3.05) is 19.3 Å². The van der Waals surface area contributed by atoms with Gasteiger partial charge in [0.25, 0.3) is 10.1 Å². The minimum absolute atomic E-state index is 0.1000. The lowest BCUT2D eigenvalue weighted by molar-refractivity contribution is 0.0357. The van der Waals surface area contributed by atoms with Crippen LogP contribution in [0.4, 0.5) is 0 Å². The summed E-state index contributed by atoms with van der Waals surface area (Å²) in [4.78, 5) is 2.43. The molecule has 0 spiro atoms. The van der Waals surface area contributed by atoms with E-state index in [1.54, 1.807) is 0 Å². The molecule has 1 aromatic rings. The molecule has 110 valence electrons. The van der Waals surface area contributed by atoms with Gasteiger partial charge in [-0.25, -0.2) is 0 Å². The molecule has 2 bridgehead atoms. The smallest absolute Gasteiger partial charge is 0.264 e. The molecule has 0 radical (unpaired) electrons. The molecule has 5 heteroatoms. The van der Waals surface area contributed by atoms with E-state index in [2.05, 4.69) is 29.2 Å². The average Bonchev–Trinajstić information content (AvgIpc) is 2.61. The van der Waals surface area contributed by atoms with E-state index in [9.17, 15) is 8.42 Å². The fourth-order valence-corrected chi connectivity index (χ4v) is 4.32. The molecule has 1 saturated carbocycles. The molecule has 3 atom stereocenters. The number of nitrogens with zero attached hydrogens (tertiary/aromatic N) is 1. The average molecular weight is 295 g/mol. The topological polar surface area (TPSA) is 46.6 Å². The second-order valence-corrected chi connectivity index (χ2v) is 7.64. The zero-order valence-corrected chi connectivity index (χ0v) is 12.6. The van der Waals surface area contributed by atoms with Crippen LogP contribution in [0, 0.1) is 11.8 Å². The molecule has 0 amide bonds. The van der Waals surface area contributed by atoms with Crippen molar-refractivity contribution in [3.8, 4) is 0 Å². The third-order valence-electron chi connectivity index (χ3n) is 4.36. The van der Waals surface area contributed by atoms with Crippen molar-refractivity contribution in [1.82, 2.24) is 4.90 Å². The van der Waals surface area contributed by atoms with E-state index in [1.807, 2.05) is 6.07 Å². The third-order valence-corrected chi connectivity index (χ3v) is 4.93. The van der Waals surface area contributed by atoms with E-state index in [1.165, 1.54) is 5.56 Å². The lowest BCUT2D eigenvalue weighted by atomic mass is 9.95. The van der Waals surface area contributed by atoms with Crippen molar-refractivity contribution in [3.63, 3.8) is 0 Å². The highest BCUT2D eigenvalue weighted by atomic mass is 32.2. The van der Waals surface area contributed by atoms with Crippen molar-refractivity contribution in [3.05, 3.63) is 35.9 Å². The summed E-state index contributed by atoms with van der Waals surface area (Å²) in [7, 11) is -3.34. The van der Waals surface area contributed by atoms with Crippen LogP contribution in [0.5, 0.6) is 0 Å².